The van der Waals surface area contributed by atoms with Crippen LogP contribution in [0.5, 0.6) is 0 Å². The van der Waals surface area contributed by atoms with E-state index >= 15 is 0 Å². The van der Waals surface area contributed by atoms with E-state index in [0.29, 0.717) is 11.3 Å². The Morgan fingerprint density at radius 1 is 1.33 bits per heavy atom. The molecule has 0 unspecified atom stereocenters. The fraction of sp³-hybridized carbons (Fsp3) is 0.357. The molecule has 1 heterocycles. The smallest absolute Gasteiger partial charge is 0.287 e. The zero-order valence-electron chi connectivity index (χ0n) is 12.1. The van der Waals surface area contributed by atoms with E-state index in [1.807, 2.05) is 0 Å². The van der Waals surface area contributed by atoms with Gasteiger partial charge in [-0.15, -0.1) is 0 Å². The molecule has 0 saturated carbocycles. The van der Waals surface area contributed by atoms with Crippen LogP contribution < -0.4 is 11.1 Å². The molecule has 1 amide bonds. The molecule has 0 spiro atoms. The standard InChI is InChI=1S/C14H18N2O4S/c1-14(2,21(3,18)19)8-16-13(17)12-7-9-6-10(15)4-5-11(9)20-12/h4-7H,8,15H2,1-3H3,(H,16,17). The number of nitrogens with one attached hydrogen (secondary N) is 1. The number of carbonyl (C=O) groups is 1. The average molecular weight is 310 g/mol. The molecule has 1 aromatic carbocycles. The number of hydrogen-bond acceptors (Lipinski definition) is 5. The summed E-state index contributed by atoms with van der Waals surface area (Å²) >= 11 is 0. The van der Waals surface area contributed by atoms with Crippen molar-refractivity contribution in [3.63, 3.8) is 0 Å². The highest BCUT2D eigenvalue weighted by atomic mass is 32.2. The molecule has 0 bridgehead atoms. The lowest BCUT2D eigenvalue weighted by Gasteiger charge is -2.22. The number of rotatable bonds is 4. The third kappa shape index (κ3) is 3.18. The van der Waals surface area contributed by atoms with Crippen LogP contribution in [-0.4, -0.2) is 31.9 Å². The van der Waals surface area contributed by atoms with Gasteiger partial charge in [0, 0.05) is 23.9 Å². The summed E-state index contributed by atoms with van der Waals surface area (Å²) in [7, 11) is -3.27. The molecule has 0 fully saturated rings. The highest BCUT2D eigenvalue weighted by Gasteiger charge is 2.31. The molecular weight excluding hydrogens is 292 g/mol. The summed E-state index contributed by atoms with van der Waals surface area (Å²) in [5.74, 6) is -0.332. The average Bonchev–Trinajstić information content (AvgIpc) is 2.77. The Balaban J connectivity index is 2.16. The van der Waals surface area contributed by atoms with Gasteiger partial charge in [-0.25, -0.2) is 8.42 Å². The van der Waals surface area contributed by atoms with Crippen molar-refractivity contribution < 1.29 is 17.6 Å². The number of amides is 1. The molecule has 7 heteroatoms. The summed E-state index contributed by atoms with van der Waals surface area (Å²) < 4.78 is 27.6. The number of furan rings is 1. The minimum Gasteiger partial charge on any atom is -0.451 e. The van der Waals surface area contributed by atoms with Gasteiger partial charge in [0.05, 0.1) is 4.75 Å². The summed E-state index contributed by atoms with van der Waals surface area (Å²) in [6, 6.07) is 6.65. The molecule has 0 radical (unpaired) electrons. The van der Waals surface area contributed by atoms with Crippen LogP contribution in [0.25, 0.3) is 11.0 Å². The Morgan fingerprint density at radius 3 is 2.62 bits per heavy atom. The van der Waals surface area contributed by atoms with Crippen molar-refractivity contribution in [3.8, 4) is 0 Å². The first-order valence-electron chi connectivity index (χ1n) is 6.37. The summed E-state index contributed by atoms with van der Waals surface area (Å²) in [4.78, 5) is 12.0. The number of fused-ring (bicyclic) bond motifs is 1. The first-order valence-corrected chi connectivity index (χ1v) is 8.26. The summed E-state index contributed by atoms with van der Waals surface area (Å²) in [6.45, 7) is 3.12. The van der Waals surface area contributed by atoms with Crippen molar-refractivity contribution >= 4 is 32.4 Å². The van der Waals surface area contributed by atoms with Gasteiger partial charge in [-0.2, -0.15) is 0 Å². The predicted octanol–water partition coefficient (Wildman–Crippen LogP) is 1.57. The molecule has 0 saturated heterocycles. The Hall–Kier alpha value is -2.02. The number of sulfone groups is 1. The zero-order valence-corrected chi connectivity index (χ0v) is 13.0. The number of nitrogen functional groups attached to an aromatic ring is 1. The van der Waals surface area contributed by atoms with Crippen molar-refractivity contribution in [2.24, 2.45) is 0 Å². The minimum absolute atomic E-state index is 0.00382. The van der Waals surface area contributed by atoms with Gasteiger partial charge >= 0.3 is 0 Å². The van der Waals surface area contributed by atoms with E-state index in [1.54, 1.807) is 38.1 Å². The van der Waals surface area contributed by atoms with Crippen LogP contribution in [0.15, 0.2) is 28.7 Å². The second-order valence-corrected chi connectivity index (χ2v) is 8.27. The quantitative estimate of drug-likeness (QED) is 0.834. The summed E-state index contributed by atoms with van der Waals surface area (Å²) in [6.07, 6.45) is 1.14. The molecule has 0 atom stereocenters. The van der Waals surface area contributed by atoms with E-state index in [1.165, 1.54) is 0 Å². The molecule has 3 N–H and O–H groups in total. The molecule has 0 aliphatic carbocycles. The Kier molecular flexibility index (Phi) is 3.71. The highest BCUT2D eigenvalue weighted by molar-refractivity contribution is 7.92. The number of carbonyl (C=O) groups excluding carboxylic acids is 1. The lowest BCUT2D eigenvalue weighted by atomic mass is 10.2. The van der Waals surface area contributed by atoms with Gasteiger partial charge in [0.2, 0.25) is 0 Å². The number of hydrogen-bond donors (Lipinski definition) is 2. The number of nitrogens with two attached hydrogens (primary N) is 1. The lowest BCUT2D eigenvalue weighted by Crippen LogP contribution is -2.43. The normalized spacial score (nSPS) is 12.5. The monoisotopic (exact) mass is 310 g/mol. The van der Waals surface area contributed by atoms with Gasteiger partial charge < -0.3 is 15.5 Å². The van der Waals surface area contributed by atoms with Crippen LogP contribution in [0.4, 0.5) is 5.69 Å². The molecule has 21 heavy (non-hydrogen) atoms. The second kappa shape index (κ2) is 5.07. The largest absolute Gasteiger partial charge is 0.451 e. The maximum absolute atomic E-state index is 12.0. The third-order valence-electron chi connectivity index (χ3n) is 3.44. The fourth-order valence-corrected chi connectivity index (χ4v) is 2.02. The second-order valence-electron chi connectivity index (χ2n) is 5.62. The summed E-state index contributed by atoms with van der Waals surface area (Å²) in [5.41, 5.74) is 6.79. The SMILES string of the molecule is CC(C)(CNC(=O)c1cc2cc(N)ccc2o1)S(C)(=O)=O. The predicted molar refractivity (Wildman–Crippen MR) is 81.9 cm³/mol. The molecular formula is C14H18N2O4S. The van der Waals surface area contributed by atoms with Gasteiger partial charge in [0.1, 0.15) is 5.58 Å². The van der Waals surface area contributed by atoms with Crippen molar-refractivity contribution in [1.29, 1.82) is 0 Å². The fourth-order valence-electron chi connectivity index (χ4n) is 1.69. The van der Waals surface area contributed by atoms with E-state index in [4.69, 9.17) is 10.2 Å². The van der Waals surface area contributed by atoms with Crippen LogP contribution in [0.2, 0.25) is 0 Å². The van der Waals surface area contributed by atoms with Gasteiger partial charge in [0.15, 0.2) is 15.6 Å². The zero-order chi connectivity index (χ0) is 15.8. The van der Waals surface area contributed by atoms with Gasteiger partial charge in [-0.1, -0.05) is 0 Å². The molecule has 0 aliphatic heterocycles. The number of anilines is 1. The minimum atomic E-state index is -3.27. The van der Waals surface area contributed by atoms with Crippen LogP contribution in [0.3, 0.4) is 0 Å². The third-order valence-corrected chi connectivity index (χ3v) is 5.59. The van der Waals surface area contributed by atoms with Crippen LogP contribution in [-0.2, 0) is 9.84 Å². The van der Waals surface area contributed by atoms with Crippen LogP contribution >= 0.6 is 0 Å². The molecule has 114 valence electrons. The van der Waals surface area contributed by atoms with E-state index in [-0.39, 0.29) is 12.3 Å². The number of benzene rings is 1. The Labute approximate surface area is 123 Å². The van der Waals surface area contributed by atoms with Crippen molar-refractivity contribution in [2.45, 2.75) is 18.6 Å². The molecule has 2 rings (SSSR count). The summed E-state index contributed by atoms with van der Waals surface area (Å²) in [5, 5.41) is 3.30. The maximum atomic E-state index is 12.0. The first-order chi connectivity index (χ1) is 9.60. The van der Waals surface area contributed by atoms with E-state index < -0.39 is 20.5 Å². The van der Waals surface area contributed by atoms with E-state index in [2.05, 4.69) is 5.32 Å². The van der Waals surface area contributed by atoms with Crippen molar-refractivity contribution in [3.05, 3.63) is 30.0 Å². The van der Waals surface area contributed by atoms with Crippen LogP contribution in [0, 0.1) is 0 Å². The maximum Gasteiger partial charge on any atom is 0.287 e. The van der Waals surface area contributed by atoms with Crippen molar-refractivity contribution in [1.82, 2.24) is 5.32 Å². The lowest BCUT2D eigenvalue weighted by molar-refractivity contribution is 0.0925. The first kappa shape index (κ1) is 15.4. The van der Waals surface area contributed by atoms with Crippen molar-refractivity contribution in [2.75, 3.05) is 18.5 Å². The van der Waals surface area contributed by atoms with Gasteiger partial charge in [0.25, 0.3) is 5.91 Å². The Morgan fingerprint density at radius 2 is 2.00 bits per heavy atom. The topological polar surface area (TPSA) is 102 Å². The molecule has 2 aromatic rings. The molecule has 1 aromatic heterocycles. The van der Waals surface area contributed by atoms with Crippen LogP contribution in [0.1, 0.15) is 24.4 Å². The van der Waals surface area contributed by atoms with E-state index in [9.17, 15) is 13.2 Å². The molecule has 6 nitrogen and oxygen atoms in total. The van der Waals surface area contributed by atoms with Gasteiger partial charge in [-0.3, -0.25) is 4.79 Å². The van der Waals surface area contributed by atoms with E-state index in [0.717, 1.165) is 11.6 Å². The van der Waals surface area contributed by atoms with Gasteiger partial charge in [-0.05, 0) is 38.1 Å². The molecule has 0 aliphatic rings. The highest BCUT2D eigenvalue weighted by Crippen LogP contribution is 2.22. The Bertz CT molecular complexity index is 790.